The molecule has 0 aromatic heterocycles. The molecular formula is C15H25N3OS. The molecule has 1 aromatic rings. The van der Waals surface area contributed by atoms with Crippen molar-refractivity contribution >= 4 is 29.0 Å². The molecule has 0 saturated heterocycles. The number of thioether (sulfide) groups is 1. The zero-order valence-corrected chi connectivity index (χ0v) is 13.2. The van der Waals surface area contributed by atoms with Crippen molar-refractivity contribution in [3.05, 3.63) is 23.8 Å². The summed E-state index contributed by atoms with van der Waals surface area (Å²) in [5.74, 6) is 1.14. The second kappa shape index (κ2) is 9.53. The van der Waals surface area contributed by atoms with E-state index in [0.29, 0.717) is 17.8 Å². The van der Waals surface area contributed by atoms with E-state index in [-0.39, 0.29) is 5.91 Å². The van der Waals surface area contributed by atoms with Crippen LogP contribution < -0.4 is 16.4 Å². The number of carbonyl (C=O) groups excluding carboxylic acids is 1. The lowest BCUT2D eigenvalue weighted by molar-refractivity contribution is 0.0956. The van der Waals surface area contributed by atoms with E-state index in [9.17, 15) is 4.79 Å². The topological polar surface area (TPSA) is 67.2 Å². The lowest BCUT2D eigenvalue weighted by Gasteiger charge is -2.11. The molecule has 0 fully saturated rings. The number of unbranched alkanes of at least 4 members (excludes halogenated alkanes) is 2. The van der Waals surface area contributed by atoms with Crippen LogP contribution >= 0.6 is 11.8 Å². The minimum Gasteiger partial charge on any atom is -0.397 e. The summed E-state index contributed by atoms with van der Waals surface area (Å²) in [4.78, 5) is 11.7. The van der Waals surface area contributed by atoms with E-state index < -0.39 is 0 Å². The molecule has 0 unspecified atom stereocenters. The van der Waals surface area contributed by atoms with Gasteiger partial charge in [0, 0.05) is 18.7 Å². The van der Waals surface area contributed by atoms with E-state index in [0.717, 1.165) is 18.7 Å². The molecule has 0 radical (unpaired) electrons. The fraction of sp³-hybridized carbons (Fsp3) is 0.533. The average molecular weight is 295 g/mol. The SMILES string of the molecule is CCNC(=O)c1ccc(NCCCCCSC)c(N)c1. The number of benzene rings is 1. The number of amides is 1. The van der Waals surface area contributed by atoms with E-state index in [1.807, 2.05) is 24.8 Å². The summed E-state index contributed by atoms with van der Waals surface area (Å²) in [5, 5.41) is 6.09. The van der Waals surface area contributed by atoms with Gasteiger partial charge < -0.3 is 16.4 Å². The third kappa shape index (κ3) is 5.74. The van der Waals surface area contributed by atoms with Crippen LogP contribution in [0.3, 0.4) is 0 Å². The van der Waals surface area contributed by atoms with Crippen LogP contribution in [-0.2, 0) is 0 Å². The Morgan fingerprint density at radius 3 is 2.75 bits per heavy atom. The molecule has 20 heavy (non-hydrogen) atoms. The van der Waals surface area contributed by atoms with Gasteiger partial charge in [0.05, 0.1) is 11.4 Å². The second-order valence-electron chi connectivity index (χ2n) is 4.64. The number of nitrogens with one attached hydrogen (secondary N) is 2. The van der Waals surface area contributed by atoms with Crippen LogP contribution in [0.5, 0.6) is 0 Å². The van der Waals surface area contributed by atoms with Crippen LogP contribution in [0.2, 0.25) is 0 Å². The fourth-order valence-electron chi connectivity index (χ4n) is 1.90. The molecule has 0 saturated carbocycles. The standard InChI is InChI=1S/C15H25N3OS/c1-3-17-15(19)12-7-8-14(13(16)11-12)18-9-5-4-6-10-20-2/h7-8,11,18H,3-6,9-10,16H2,1-2H3,(H,17,19). The van der Waals surface area contributed by atoms with E-state index in [4.69, 9.17) is 5.73 Å². The highest BCUT2D eigenvalue weighted by Gasteiger charge is 2.06. The Morgan fingerprint density at radius 1 is 1.30 bits per heavy atom. The van der Waals surface area contributed by atoms with Gasteiger partial charge in [0.15, 0.2) is 0 Å². The van der Waals surface area contributed by atoms with Gasteiger partial charge in [-0.3, -0.25) is 4.79 Å². The molecule has 0 heterocycles. The summed E-state index contributed by atoms with van der Waals surface area (Å²) in [6.07, 6.45) is 5.76. The first-order valence-corrected chi connectivity index (χ1v) is 8.49. The Balaban J connectivity index is 2.42. The van der Waals surface area contributed by atoms with Crippen molar-refractivity contribution in [1.29, 1.82) is 0 Å². The molecular weight excluding hydrogens is 270 g/mol. The van der Waals surface area contributed by atoms with E-state index in [2.05, 4.69) is 16.9 Å². The Morgan fingerprint density at radius 2 is 2.10 bits per heavy atom. The minimum atomic E-state index is -0.0807. The number of carbonyl (C=O) groups is 1. The maximum atomic E-state index is 11.7. The molecule has 4 N–H and O–H groups in total. The molecule has 4 nitrogen and oxygen atoms in total. The maximum Gasteiger partial charge on any atom is 0.251 e. The highest BCUT2D eigenvalue weighted by atomic mass is 32.2. The number of nitrogen functional groups attached to an aromatic ring is 1. The molecule has 1 rings (SSSR count). The Hall–Kier alpha value is -1.36. The maximum absolute atomic E-state index is 11.7. The van der Waals surface area contributed by atoms with Crippen molar-refractivity contribution in [2.24, 2.45) is 0 Å². The minimum absolute atomic E-state index is 0.0807. The van der Waals surface area contributed by atoms with Gasteiger partial charge in [0.1, 0.15) is 0 Å². The summed E-state index contributed by atoms with van der Waals surface area (Å²) in [6.45, 7) is 3.43. The van der Waals surface area contributed by atoms with Crippen molar-refractivity contribution in [1.82, 2.24) is 5.32 Å². The average Bonchev–Trinajstić information content (AvgIpc) is 2.44. The molecule has 0 spiro atoms. The predicted molar refractivity (Wildman–Crippen MR) is 89.6 cm³/mol. The van der Waals surface area contributed by atoms with Gasteiger partial charge in [-0.25, -0.2) is 0 Å². The Labute approximate surface area is 125 Å². The van der Waals surface area contributed by atoms with Gasteiger partial charge in [-0.15, -0.1) is 0 Å². The molecule has 112 valence electrons. The van der Waals surface area contributed by atoms with Crippen LogP contribution in [0.15, 0.2) is 18.2 Å². The number of hydrogen-bond donors (Lipinski definition) is 3. The van der Waals surface area contributed by atoms with Gasteiger partial charge in [-0.1, -0.05) is 6.42 Å². The molecule has 0 aliphatic carbocycles. The molecule has 5 heteroatoms. The first-order valence-electron chi connectivity index (χ1n) is 7.09. The predicted octanol–water partition coefficient (Wildman–Crippen LogP) is 2.96. The van der Waals surface area contributed by atoms with E-state index in [1.165, 1.54) is 18.6 Å². The summed E-state index contributed by atoms with van der Waals surface area (Å²) in [7, 11) is 0. The van der Waals surface area contributed by atoms with Gasteiger partial charge in [-0.2, -0.15) is 11.8 Å². The van der Waals surface area contributed by atoms with Gasteiger partial charge in [0.2, 0.25) is 0 Å². The summed E-state index contributed by atoms with van der Waals surface area (Å²) >= 11 is 1.89. The van der Waals surface area contributed by atoms with Gasteiger partial charge in [-0.05, 0) is 50.0 Å². The van der Waals surface area contributed by atoms with Crippen molar-refractivity contribution in [2.75, 3.05) is 36.1 Å². The van der Waals surface area contributed by atoms with Crippen LogP contribution in [-0.4, -0.2) is 31.0 Å². The Kier molecular flexibility index (Phi) is 7.95. The lowest BCUT2D eigenvalue weighted by atomic mass is 10.1. The van der Waals surface area contributed by atoms with Crippen LogP contribution in [0.4, 0.5) is 11.4 Å². The third-order valence-electron chi connectivity index (χ3n) is 2.99. The Bertz CT molecular complexity index is 424. The monoisotopic (exact) mass is 295 g/mol. The summed E-state index contributed by atoms with van der Waals surface area (Å²) in [5.41, 5.74) is 8.11. The van der Waals surface area contributed by atoms with Crippen molar-refractivity contribution in [2.45, 2.75) is 26.2 Å². The molecule has 0 aliphatic heterocycles. The van der Waals surface area contributed by atoms with Gasteiger partial charge >= 0.3 is 0 Å². The number of rotatable bonds is 9. The van der Waals surface area contributed by atoms with Gasteiger partial charge in [0.25, 0.3) is 5.91 Å². The number of anilines is 2. The van der Waals surface area contributed by atoms with Crippen molar-refractivity contribution in [3.63, 3.8) is 0 Å². The number of nitrogens with two attached hydrogens (primary N) is 1. The zero-order chi connectivity index (χ0) is 14.8. The van der Waals surface area contributed by atoms with Crippen LogP contribution in [0, 0.1) is 0 Å². The fourth-order valence-corrected chi connectivity index (χ4v) is 2.39. The van der Waals surface area contributed by atoms with Crippen molar-refractivity contribution in [3.8, 4) is 0 Å². The normalized spacial score (nSPS) is 10.3. The molecule has 1 amide bonds. The van der Waals surface area contributed by atoms with Crippen LogP contribution in [0.25, 0.3) is 0 Å². The zero-order valence-electron chi connectivity index (χ0n) is 12.4. The molecule has 0 bridgehead atoms. The largest absolute Gasteiger partial charge is 0.397 e. The highest BCUT2D eigenvalue weighted by molar-refractivity contribution is 7.98. The second-order valence-corrected chi connectivity index (χ2v) is 5.63. The van der Waals surface area contributed by atoms with Crippen LogP contribution in [0.1, 0.15) is 36.5 Å². The lowest BCUT2D eigenvalue weighted by Crippen LogP contribution is -2.22. The smallest absolute Gasteiger partial charge is 0.251 e. The first-order chi connectivity index (χ1) is 9.69. The van der Waals surface area contributed by atoms with Crippen molar-refractivity contribution < 1.29 is 4.79 Å². The highest BCUT2D eigenvalue weighted by Crippen LogP contribution is 2.20. The number of hydrogen-bond acceptors (Lipinski definition) is 4. The third-order valence-corrected chi connectivity index (χ3v) is 3.69. The molecule has 1 aromatic carbocycles. The first kappa shape index (κ1) is 16.7. The van der Waals surface area contributed by atoms with E-state index >= 15 is 0 Å². The molecule has 0 atom stereocenters. The quantitative estimate of drug-likeness (QED) is 0.484. The van der Waals surface area contributed by atoms with E-state index in [1.54, 1.807) is 12.1 Å². The summed E-state index contributed by atoms with van der Waals surface area (Å²) < 4.78 is 0. The summed E-state index contributed by atoms with van der Waals surface area (Å²) in [6, 6.07) is 5.40. The molecule has 0 aliphatic rings.